The van der Waals surface area contributed by atoms with Gasteiger partial charge in [0.15, 0.2) is 0 Å². The van der Waals surface area contributed by atoms with Crippen molar-refractivity contribution in [3.8, 4) is 0 Å². The summed E-state index contributed by atoms with van der Waals surface area (Å²) < 4.78 is 13.7. The van der Waals surface area contributed by atoms with E-state index in [1.54, 1.807) is 24.4 Å². The Hall–Kier alpha value is -2.34. The normalized spacial score (nSPS) is 21.2. The number of aromatic nitrogens is 2. The molecule has 0 spiro atoms. The number of nitrogens with zero attached hydrogens (tertiary/aromatic N) is 2. The van der Waals surface area contributed by atoms with Crippen molar-refractivity contribution in [1.82, 2.24) is 14.9 Å². The molecule has 0 amide bonds. The van der Waals surface area contributed by atoms with Crippen molar-refractivity contribution in [2.75, 3.05) is 6.54 Å². The number of hydrogen-bond acceptors (Lipinski definition) is 4. The SMILES string of the molecule is C[C@@H]1C[C@@H](C(=O)Cc2ccccc2F)CCN1Cc1ncc[nH]c1=O. The maximum atomic E-state index is 13.7. The third-order valence-electron chi connectivity index (χ3n) is 4.93. The van der Waals surface area contributed by atoms with Gasteiger partial charge in [0.05, 0.1) is 0 Å². The second kappa shape index (κ2) is 7.70. The number of piperidine rings is 1. The van der Waals surface area contributed by atoms with Gasteiger partial charge in [0, 0.05) is 37.3 Å². The van der Waals surface area contributed by atoms with Gasteiger partial charge < -0.3 is 4.98 Å². The molecule has 0 saturated carbocycles. The minimum Gasteiger partial charge on any atom is -0.326 e. The zero-order valence-corrected chi connectivity index (χ0v) is 14.2. The lowest BCUT2D eigenvalue weighted by molar-refractivity contribution is -0.124. The van der Waals surface area contributed by atoms with Crippen molar-refractivity contribution in [3.05, 3.63) is 64.1 Å². The highest BCUT2D eigenvalue weighted by molar-refractivity contribution is 5.83. The molecule has 25 heavy (non-hydrogen) atoms. The van der Waals surface area contributed by atoms with Crippen molar-refractivity contribution in [2.45, 2.75) is 38.8 Å². The number of Topliss-reactive ketones (excluding diaryl/α,β-unsaturated/α-hetero) is 1. The van der Waals surface area contributed by atoms with Gasteiger partial charge in [0.25, 0.3) is 5.56 Å². The summed E-state index contributed by atoms with van der Waals surface area (Å²) in [6.45, 7) is 3.26. The molecule has 0 radical (unpaired) electrons. The lowest BCUT2D eigenvalue weighted by Crippen LogP contribution is -2.43. The first-order valence-corrected chi connectivity index (χ1v) is 8.57. The molecule has 1 fully saturated rings. The molecule has 2 atom stereocenters. The molecule has 1 aromatic heterocycles. The predicted molar refractivity (Wildman–Crippen MR) is 92.6 cm³/mol. The highest BCUT2D eigenvalue weighted by Crippen LogP contribution is 2.26. The average molecular weight is 343 g/mol. The lowest BCUT2D eigenvalue weighted by Gasteiger charge is -2.36. The van der Waals surface area contributed by atoms with Gasteiger partial charge in [0.1, 0.15) is 17.3 Å². The van der Waals surface area contributed by atoms with Gasteiger partial charge >= 0.3 is 0 Å². The number of aromatic amines is 1. The molecule has 2 aromatic rings. The Balaban J connectivity index is 1.60. The zero-order valence-electron chi connectivity index (χ0n) is 14.2. The quantitative estimate of drug-likeness (QED) is 0.905. The van der Waals surface area contributed by atoms with E-state index in [0.717, 1.165) is 19.4 Å². The number of H-pyrrole nitrogens is 1. The summed E-state index contributed by atoms with van der Waals surface area (Å²) in [5, 5.41) is 0. The van der Waals surface area contributed by atoms with Gasteiger partial charge in [-0.3, -0.25) is 19.5 Å². The van der Waals surface area contributed by atoms with Crippen LogP contribution in [0.25, 0.3) is 0 Å². The number of ketones is 1. The van der Waals surface area contributed by atoms with Crippen LogP contribution in [0.1, 0.15) is 31.0 Å². The minimum atomic E-state index is -0.323. The van der Waals surface area contributed by atoms with E-state index in [2.05, 4.69) is 21.8 Å². The molecule has 1 aliphatic heterocycles. The number of halogens is 1. The number of rotatable bonds is 5. The number of likely N-dealkylation sites (tertiary alicyclic amines) is 1. The smallest absolute Gasteiger partial charge is 0.270 e. The molecule has 3 rings (SSSR count). The van der Waals surface area contributed by atoms with E-state index in [-0.39, 0.29) is 35.5 Å². The van der Waals surface area contributed by atoms with E-state index in [1.165, 1.54) is 12.3 Å². The fourth-order valence-corrected chi connectivity index (χ4v) is 3.41. The summed E-state index contributed by atoms with van der Waals surface area (Å²) >= 11 is 0. The van der Waals surface area contributed by atoms with Crippen molar-refractivity contribution in [3.63, 3.8) is 0 Å². The zero-order chi connectivity index (χ0) is 17.8. The molecule has 0 unspecified atom stereocenters. The third kappa shape index (κ3) is 4.20. The van der Waals surface area contributed by atoms with Crippen LogP contribution in [0.5, 0.6) is 0 Å². The first-order chi connectivity index (χ1) is 12.0. The summed E-state index contributed by atoms with van der Waals surface area (Å²) in [4.78, 5) is 33.2. The van der Waals surface area contributed by atoms with Crippen molar-refractivity contribution in [2.24, 2.45) is 5.92 Å². The number of hydrogen-bond donors (Lipinski definition) is 1. The number of nitrogens with one attached hydrogen (secondary N) is 1. The third-order valence-corrected chi connectivity index (χ3v) is 4.93. The number of carbonyl (C=O) groups excluding carboxylic acids is 1. The van der Waals surface area contributed by atoms with Crippen LogP contribution in [0.15, 0.2) is 41.5 Å². The molecule has 1 aromatic carbocycles. The van der Waals surface area contributed by atoms with Gasteiger partial charge in [0.2, 0.25) is 0 Å². The summed E-state index contributed by atoms with van der Waals surface area (Å²) in [5.74, 6) is -0.295. The van der Waals surface area contributed by atoms with Crippen LogP contribution < -0.4 is 5.56 Å². The van der Waals surface area contributed by atoms with Crippen molar-refractivity contribution in [1.29, 1.82) is 0 Å². The van der Waals surface area contributed by atoms with Crippen LogP contribution in [0, 0.1) is 11.7 Å². The fourth-order valence-electron chi connectivity index (χ4n) is 3.41. The Morgan fingerprint density at radius 2 is 2.20 bits per heavy atom. The monoisotopic (exact) mass is 343 g/mol. The molecule has 2 heterocycles. The lowest BCUT2D eigenvalue weighted by atomic mass is 9.85. The Labute approximate surface area is 145 Å². The minimum absolute atomic E-state index is 0.0622. The number of benzene rings is 1. The largest absolute Gasteiger partial charge is 0.326 e. The van der Waals surface area contributed by atoms with E-state index < -0.39 is 0 Å². The Morgan fingerprint density at radius 1 is 1.40 bits per heavy atom. The second-order valence-electron chi connectivity index (χ2n) is 6.64. The molecular weight excluding hydrogens is 321 g/mol. The first kappa shape index (κ1) is 17.5. The van der Waals surface area contributed by atoms with Crippen LogP contribution in [0.2, 0.25) is 0 Å². The topological polar surface area (TPSA) is 66.1 Å². The van der Waals surface area contributed by atoms with Gasteiger partial charge in [-0.05, 0) is 37.9 Å². The van der Waals surface area contributed by atoms with Crippen LogP contribution in [-0.4, -0.2) is 33.2 Å². The van der Waals surface area contributed by atoms with Gasteiger partial charge in [-0.2, -0.15) is 0 Å². The van der Waals surface area contributed by atoms with E-state index in [9.17, 15) is 14.0 Å². The van der Waals surface area contributed by atoms with Crippen molar-refractivity contribution >= 4 is 5.78 Å². The average Bonchev–Trinajstić information content (AvgIpc) is 2.60. The van der Waals surface area contributed by atoms with Crippen LogP contribution in [0.3, 0.4) is 0 Å². The fraction of sp³-hybridized carbons (Fsp3) is 0.421. The molecule has 1 saturated heterocycles. The summed E-state index contributed by atoms with van der Waals surface area (Å²) in [5.41, 5.74) is 0.778. The van der Waals surface area contributed by atoms with Crippen molar-refractivity contribution < 1.29 is 9.18 Å². The summed E-state index contributed by atoms with van der Waals surface area (Å²) in [6.07, 6.45) is 4.68. The molecular formula is C19H22FN3O2. The highest BCUT2D eigenvalue weighted by atomic mass is 19.1. The van der Waals surface area contributed by atoms with E-state index in [0.29, 0.717) is 17.8 Å². The predicted octanol–water partition coefficient (Wildman–Crippen LogP) is 2.32. The van der Waals surface area contributed by atoms with E-state index in [4.69, 9.17) is 0 Å². The molecule has 132 valence electrons. The Kier molecular flexibility index (Phi) is 5.38. The summed E-state index contributed by atoms with van der Waals surface area (Å²) in [7, 11) is 0. The molecule has 1 aliphatic rings. The highest BCUT2D eigenvalue weighted by Gasteiger charge is 2.30. The molecule has 1 N–H and O–H groups in total. The van der Waals surface area contributed by atoms with Gasteiger partial charge in [-0.25, -0.2) is 4.39 Å². The van der Waals surface area contributed by atoms with Crippen LogP contribution >= 0.6 is 0 Å². The number of carbonyl (C=O) groups is 1. The molecule has 0 aliphatic carbocycles. The molecule has 0 bridgehead atoms. The standard InChI is InChI=1S/C19H22FN3O2/c1-13-10-15(18(24)11-14-4-2-3-5-16(14)20)6-9-23(13)12-17-19(25)22-8-7-21-17/h2-5,7-8,13,15H,6,9-12H2,1H3,(H,22,25)/t13-,15+/m1/s1. The molecule has 6 heteroatoms. The maximum Gasteiger partial charge on any atom is 0.270 e. The molecule has 5 nitrogen and oxygen atoms in total. The van der Waals surface area contributed by atoms with E-state index >= 15 is 0 Å². The maximum absolute atomic E-state index is 13.7. The summed E-state index contributed by atoms with van der Waals surface area (Å²) in [6, 6.07) is 6.60. The first-order valence-electron chi connectivity index (χ1n) is 8.57. The van der Waals surface area contributed by atoms with Crippen LogP contribution in [-0.2, 0) is 17.8 Å². The van der Waals surface area contributed by atoms with E-state index in [1.807, 2.05) is 0 Å². The second-order valence-corrected chi connectivity index (χ2v) is 6.64. The van der Waals surface area contributed by atoms with Gasteiger partial charge in [-0.1, -0.05) is 18.2 Å². The Morgan fingerprint density at radius 3 is 2.92 bits per heavy atom. The van der Waals surface area contributed by atoms with Gasteiger partial charge in [-0.15, -0.1) is 0 Å². The van der Waals surface area contributed by atoms with Crippen LogP contribution in [0.4, 0.5) is 4.39 Å². The Bertz CT molecular complexity index is 805.